The minimum atomic E-state index is -0.457. The number of rotatable bonds is 7. The van der Waals surface area contributed by atoms with Gasteiger partial charge in [0.2, 0.25) is 0 Å². The van der Waals surface area contributed by atoms with Gasteiger partial charge in [-0.3, -0.25) is 14.9 Å². The highest BCUT2D eigenvalue weighted by Crippen LogP contribution is 1.89. The monoisotopic (exact) mass is 225 g/mol. The molecule has 0 spiro atoms. The van der Waals surface area contributed by atoms with E-state index in [1.54, 1.807) is 13.0 Å². The fourth-order valence-electron chi connectivity index (χ4n) is 0.813. The molecular formula is C12H19NO3. The average molecular weight is 225 g/mol. The second-order valence-corrected chi connectivity index (χ2v) is 3.43. The Morgan fingerprint density at radius 1 is 1.44 bits per heavy atom. The van der Waals surface area contributed by atoms with E-state index in [4.69, 9.17) is 4.74 Å². The molecule has 0 aliphatic rings. The molecule has 4 nitrogen and oxygen atoms in total. The number of hydrogen-bond donors (Lipinski definition) is 1. The minimum Gasteiger partial charge on any atom is -0.377 e. The maximum Gasteiger partial charge on any atom is 0.253 e. The van der Waals surface area contributed by atoms with Crippen LogP contribution in [0.1, 0.15) is 26.7 Å². The number of amides is 2. The lowest BCUT2D eigenvalue weighted by Crippen LogP contribution is -2.29. The molecule has 0 heterocycles. The van der Waals surface area contributed by atoms with Gasteiger partial charge in [-0.1, -0.05) is 26.0 Å². The van der Waals surface area contributed by atoms with Crippen LogP contribution < -0.4 is 5.32 Å². The van der Waals surface area contributed by atoms with Crippen molar-refractivity contribution in [1.82, 2.24) is 5.32 Å². The number of imide groups is 1. The van der Waals surface area contributed by atoms with Gasteiger partial charge in [0.05, 0.1) is 6.61 Å². The predicted molar refractivity (Wildman–Crippen MR) is 62.8 cm³/mol. The molecule has 2 amide bonds. The van der Waals surface area contributed by atoms with Gasteiger partial charge in [0.25, 0.3) is 11.8 Å². The molecule has 0 fully saturated rings. The minimum absolute atomic E-state index is 0.306. The number of unbranched alkanes of at least 4 members (excludes halogenated alkanes) is 1. The molecule has 0 aromatic heterocycles. The fraction of sp³-hybridized carbons (Fsp3) is 0.500. The quantitative estimate of drug-likeness (QED) is 0.528. The number of ether oxygens (including phenoxy) is 1. The van der Waals surface area contributed by atoms with Crippen molar-refractivity contribution in [3.05, 3.63) is 24.3 Å². The van der Waals surface area contributed by atoms with Crippen LogP contribution in [0.3, 0.4) is 0 Å². The zero-order valence-electron chi connectivity index (χ0n) is 9.91. The van der Waals surface area contributed by atoms with Crippen LogP contribution in [0.4, 0.5) is 0 Å². The first-order valence-corrected chi connectivity index (χ1v) is 5.33. The molecule has 0 atom stereocenters. The van der Waals surface area contributed by atoms with E-state index in [-0.39, 0.29) is 0 Å². The molecule has 0 aromatic rings. The molecule has 0 saturated carbocycles. The van der Waals surface area contributed by atoms with Crippen molar-refractivity contribution in [3.8, 4) is 0 Å². The molecule has 0 radical (unpaired) electrons. The van der Waals surface area contributed by atoms with Crippen molar-refractivity contribution in [2.24, 2.45) is 0 Å². The summed E-state index contributed by atoms with van der Waals surface area (Å²) in [7, 11) is 0. The van der Waals surface area contributed by atoms with Crippen LogP contribution in [0.25, 0.3) is 0 Å². The Morgan fingerprint density at radius 3 is 2.69 bits per heavy atom. The second-order valence-electron chi connectivity index (χ2n) is 3.43. The molecule has 4 heteroatoms. The third-order valence-electron chi connectivity index (χ3n) is 1.75. The first kappa shape index (κ1) is 14.6. The maximum absolute atomic E-state index is 11.1. The van der Waals surface area contributed by atoms with Crippen molar-refractivity contribution < 1.29 is 14.3 Å². The summed E-state index contributed by atoms with van der Waals surface area (Å²) in [5.41, 5.74) is 0.306. The van der Waals surface area contributed by atoms with E-state index in [1.807, 2.05) is 0 Å². The van der Waals surface area contributed by atoms with E-state index < -0.39 is 11.8 Å². The second kappa shape index (κ2) is 8.85. The third-order valence-corrected chi connectivity index (χ3v) is 1.75. The van der Waals surface area contributed by atoms with E-state index >= 15 is 0 Å². The largest absolute Gasteiger partial charge is 0.377 e. The lowest BCUT2D eigenvalue weighted by Gasteiger charge is -1.99. The molecule has 0 aliphatic heterocycles. The predicted octanol–water partition coefficient (Wildman–Crippen LogP) is 1.58. The van der Waals surface area contributed by atoms with Gasteiger partial charge in [-0.15, -0.1) is 0 Å². The van der Waals surface area contributed by atoms with Crippen molar-refractivity contribution >= 4 is 11.8 Å². The summed E-state index contributed by atoms with van der Waals surface area (Å²) in [6.45, 7) is 8.12. The molecule has 0 aliphatic carbocycles. The zero-order chi connectivity index (χ0) is 12.4. The smallest absolute Gasteiger partial charge is 0.253 e. The topological polar surface area (TPSA) is 55.4 Å². The Labute approximate surface area is 96.4 Å². The summed E-state index contributed by atoms with van der Waals surface area (Å²) < 4.78 is 5.21. The molecule has 90 valence electrons. The SMILES string of the molecule is C=C(C)C(=O)NC(=O)C=CCOCCCC. The highest BCUT2D eigenvalue weighted by atomic mass is 16.5. The molecular weight excluding hydrogens is 206 g/mol. The highest BCUT2D eigenvalue weighted by molar-refractivity contribution is 6.07. The summed E-state index contributed by atoms with van der Waals surface area (Å²) in [5.74, 6) is -0.909. The summed E-state index contributed by atoms with van der Waals surface area (Å²) in [4.78, 5) is 22.2. The maximum atomic E-state index is 11.1. The van der Waals surface area contributed by atoms with Gasteiger partial charge in [-0.05, 0) is 13.3 Å². The Morgan fingerprint density at radius 2 is 2.12 bits per heavy atom. The van der Waals surface area contributed by atoms with Gasteiger partial charge in [-0.25, -0.2) is 0 Å². The van der Waals surface area contributed by atoms with Crippen LogP contribution >= 0.6 is 0 Å². The first-order chi connectivity index (χ1) is 7.57. The number of nitrogens with one attached hydrogen (secondary N) is 1. The summed E-state index contributed by atoms with van der Waals surface area (Å²) >= 11 is 0. The molecule has 1 N–H and O–H groups in total. The van der Waals surface area contributed by atoms with E-state index in [0.29, 0.717) is 18.8 Å². The lowest BCUT2D eigenvalue weighted by atomic mass is 10.3. The highest BCUT2D eigenvalue weighted by Gasteiger charge is 2.03. The molecule has 0 saturated heterocycles. The van der Waals surface area contributed by atoms with Gasteiger partial charge >= 0.3 is 0 Å². The number of hydrogen-bond acceptors (Lipinski definition) is 3. The number of carbonyl (C=O) groups is 2. The Bertz CT molecular complexity index is 282. The molecule has 0 unspecified atom stereocenters. The van der Waals surface area contributed by atoms with Gasteiger partial charge in [0, 0.05) is 18.3 Å². The van der Waals surface area contributed by atoms with Crippen LogP contribution in [0, 0.1) is 0 Å². The van der Waals surface area contributed by atoms with Crippen molar-refractivity contribution in [2.45, 2.75) is 26.7 Å². The van der Waals surface area contributed by atoms with Crippen LogP contribution in [0.2, 0.25) is 0 Å². The summed E-state index contributed by atoms with van der Waals surface area (Å²) in [6, 6.07) is 0. The van der Waals surface area contributed by atoms with E-state index in [0.717, 1.165) is 12.8 Å². The van der Waals surface area contributed by atoms with Gasteiger partial charge in [0.1, 0.15) is 0 Å². The average Bonchev–Trinajstić information content (AvgIpc) is 2.23. The Hall–Kier alpha value is -1.42. The van der Waals surface area contributed by atoms with Gasteiger partial charge in [0.15, 0.2) is 0 Å². The van der Waals surface area contributed by atoms with E-state index in [2.05, 4.69) is 18.8 Å². The fourth-order valence-corrected chi connectivity index (χ4v) is 0.813. The van der Waals surface area contributed by atoms with Crippen molar-refractivity contribution in [2.75, 3.05) is 13.2 Å². The Balaban J connectivity index is 3.67. The zero-order valence-corrected chi connectivity index (χ0v) is 9.91. The summed E-state index contributed by atoms with van der Waals surface area (Å²) in [5, 5.41) is 2.16. The van der Waals surface area contributed by atoms with Crippen LogP contribution in [-0.2, 0) is 14.3 Å². The lowest BCUT2D eigenvalue weighted by molar-refractivity contribution is -0.125. The third kappa shape index (κ3) is 7.94. The molecule has 0 bridgehead atoms. The molecule has 0 aromatic carbocycles. The van der Waals surface area contributed by atoms with Gasteiger partial charge in [-0.2, -0.15) is 0 Å². The van der Waals surface area contributed by atoms with Gasteiger partial charge < -0.3 is 4.74 Å². The van der Waals surface area contributed by atoms with E-state index in [9.17, 15) is 9.59 Å². The normalized spacial score (nSPS) is 10.4. The molecule has 16 heavy (non-hydrogen) atoms. The summed E-state index contributed by atoms with van der Waals surface area (Å²) in [6.07, 6.45) is 4.95. The standard InChI is InChI=1S/C12H19NO3/c1-4-5-8-16-9-6-7-11(14)13-12(15)10(2)3/h6-7H,2,4-5,8-9H2,1,3H3,(H,13,14,15). The van der Waals surface area contributed by atoms with Crippen LogP contribution in [0.5, 0.6) is 0 Å². The Kier molecular flexibility index (Phi) is 8.07. The van der Waals surface area contributed by atoms with Crippen LogP contribution in [0.15, 0.2) is 24.3 Å². The van der Waals surface area contributed by atoms with Crippen molar-refractivity contribution in [3.63, 3.8) is 0 Å². The van der Waals surface area contributed by atoms with Crippen LogP contribution in [-0.4, -0.2) is 25.0 Å². The van der Waals surface area contributed by atoms with Crippen molar-refractivity contribution in [1.29, 1.82) is 0 Å². The number of carbonyl (C=O) groups excluding carboxylic acids is 2. The van der Waals surface area contributed by atoms with E-state index in [1.165, 1.54) is 6.08 Å². The first-order valence-electron chi connectivity index (χ1n) is 5.33. The molecule has 0 rings (SSSR count).